The number of hydrogen-bond acceptors (Lipinski definition) is 5. The van der Waals surface area contributed by atoms with Gasteiger partial charge in [0, 0.05) is 17.4 Å². The molecule has 1 heterocycles. The number of H-pyrrole nitrogens is 1. The lowest BCUT2D eigenvalue weighted by atomic mass is 10.1. The molecule has 8 heteroatoms. The van der Waals surface area contributed by atoms with Crippen molar-refractivity contribution in [1.82, 2.24) is 9.97 Å². The second kappa shape index (κ2) is 10.1. The van der Waals surface area contributed by atoms with Crippen LogP contribution in [0.1, 0.15) is 38.1 Å². The quantitative estimate of drug-likeness (QED) is 0.396. The predicted octanol–water partition coefficient (Wildman–Crippen LogP) is 3.57. The Labute approximate surface area is 158 Å². The predicted molar refractivity (Wildman–Crippen MR) is 105 cm³/mol. The summed E-state index contributed by atoms with van der Waals surface area (Å²) in [6.07, 6.45) is 8.71. The van der Waals surface area contributed by atoms with Crippen LogP contribution in [0.3, 0.4) is 0 Å². The van der Waals surface area contributed by atoms with Crippen LogP contribution >= 0.6 is 0 Å². The molecule has 0 saturated carbocycles. The van der Waals surface area contributed by atoms with Gasteiger partial charge < -0.3 is 20.8 Å². The Morgan fingerprint density at radius 2 is 2.22 bits per heavy atom. The third kappa shape index (κ3) is 5.68. The van der Waals surface area contributed by atoms with Gasteiger partial charge in [0.1, 0.15) is 5.82 Å². The van der Waals surface area contributed by atoms with E-state index in [4.69, 9.17) is 5.73 Å². The largest absolute Gasteiger partial charge is 0.453 e. The number of nitrogens with zero attached hydrogens (tertiary/aromatic N) is 1. The normalized spacial score (nSPS) is 12.0. The first-order valence-corrected chi connectivity index (χ1v) is 8.74. The first-order valence-electron chi connectivity index (χ1n) is 8.74. The number of carbonyl (C=O) groups excluding carboxylic acids is 2. The highest BCUT2D eigenvalue weighted by atomic mass is 16.5. The monoisotopic (exact) mass is 371 g/mol. The zero-order valence-electron chi connectivity index (χ0n) is 15.5. The molecule has 0 aliphatic rings. The Bertz CT molecular complexity index is 800. The van der Waals surface area contributed by atoms with Crippen molar-refractivity contribution < 1.29 is 14.3 Å². The molecule has 0 spiro atoms. The topological polar surface area (TPSA) is 122 Å². The molecule has 2 rings (SSSR count). The van der Waals surface area contributed by atoms with Gasteiger partial charge in [-0.05, 0) is 31.0 Å². The van der Waals surface area contributed by atoms with Gasteiger partial charge in [0.25, 0.3) is 0 Å². The van der Waals surface area contributed by atoms with E-state index in [1.165, 1.54) is 7.11 Å². The van der Waals surface area contributed by atoms with Crippen molar-refractivity contribution in [3.8, 4) is 11.3 Å². The Morgan fingerprint density at radius 3 is 2.93 bits per heavy atom. The number of aromatic amines is 1. The van der Waals surface area contributed by atoms with Gasteiger partial charge in [-0.25, -0.2) is 9.78 Å². The molecule has 5 N–H and O–H groups in total. The maximum absolute atomic E-state index is 11.4. The fourth-order valence-corrected chi connectivity index (χ4v) is 2.50. The number of carbonyl (C=O) groups is 2. The van der Waals surface area contributed by atoms with E-state index in [0.29, 0.717) is 41.3 Å². The first kappa shape index (κ1) is 20.2. The number of nitrogens with one attached hydrogen (secondary N) is 3. The number of benzene rings is 1. The average Bonchev–Trinajstić information content (AvgIpc) is 3.15. The number of unbranched alkanes of at least 4 members (excludes halogenated alkanes) is 1. The van der Waals surface area contributed by atoms with E-state index >= 15 is 0 Å². The number of rotatable bonds is 9. The van der Waals surface area contributed by atoms with E-state index in [1.54, 1.807) is 24.4 Å². The van der Waals surface area contributed by atoms with E-state index in [-0.39, 0.29) is 6.04 Å². The van der Waals surface area contributed by atoms with Gasteiger partial charge in [0.2, 0.25) is 6.41 Å². The Kier molecular flexibility index (Phi) is 7.57. The first-order chi connectivity index (χ1) is 13.1. The zero-order chi connectivity index (χ0) is 19.6. The standard InChI is InChI=1S/C19H25N5O3/c1-3-4-5-6-7-15(20)18-21-11-17(24-18)14-9-8-13(23-19(26)27-2)10-16(14)22-12-25/h5-6,8-12,15H,3-4,7,20H2,1-2H3,(H,21,24)(H,22,25)(H,23,26)/b6-5-. The lowest BCUT2D eigenvalue weighted by molar-refractivity contribution is -0.105. The molecule has 0 aliphatic heterocycles. The van der Waals surface area contributed by atoms with Gasteiger partial charge >= 0.3 is 6.09 Å². The Hall–Kier alpha value is -3.13. The lowest BCUT2D eigenvalue weighted by Crippen LogP contribution is -2.11. The highest BCUT2D eigenvalue weighted by molar-refractivity contribution is 5.90. The maximum Gasteiger partial charge on any atom is 0.411 e. The van der Waals surface area contributed by atoms with Crippen LogP contribution in [0.2, 0.25) is 0 Å². The third-order valence-corrected chi connectivity index (χ3v) is 3.90. The molecule has 27 heavy (non-hydrogen) atoms. The van der Waals surface area contributed by atoms with Gasteiger partial charge in [-0.15, -0.1) is 0 Å². The maximum atomic E-state index is 11.4. The molecule has 0 bridgehead atoms. The molecule has 0 radical (unpaired) electrons. The van der Waals surface area contributed by atoms with Crippen molar-refractivity contribution >= 4 is 23.9 Å². The zero-order valence-corrected chi connectivity index (χ0v) is 15.5. The summed E-state index contributed by atoms with van der Waals surface area (Å²) in [6, 6.07) is 4.84. The summed E-state index contributed by atoms with van der Waals surface area (Å²) in [5, 5.41) is 5.18. The number of ether oxygens (including phenoxy) is 1. The number of allylic oxidation sites excluding steroid dienone is 1. The molecule has 1 unspecified atom stereocenters. The highest BCUT2D eigenvalue weighted by Crippen LogP contribution is 2.30. The van der Waals surface area contributed by atoms with Crippen molar-refractivity contribution in [2.75, 3.05) is 17.7 Å². The summed E-state index contributed by atoms with van der Waals surface area (Å²) in [5.74, 6) is 0.667. The average molecular weight is 371 g/mol. The molecule has 2 aromatic rings. The van der Waals surface area contributed by atoms with Crippen LogP contribution in [-0.2, 0) is 9.53 Å². The smallest absolute Gasteiger partial charge is 0.411 e. The van der Waals surface area contributed by atoms with Crippen LogP contribution in [0, 0.1) is 0 Å². The minimum absolute atomic E-state index is 0.241. The van der Waals surface area contributed by atoms with Crippen molar-refractivity contribution in [3.05, 3.63) is 42.4 Å². The van der Waals surface area contributed by atoms with Crippen LogP contribution in [0.25, 0.3) is 11.3 Å². The molecular weight excluding hydrogens is 346 g/mol. The summed E-state index contributed by atoms with van der Waals surface area (Å²) in [5.41, 5.74) is 8.53. The number of aromatic nitrogens is 2. The summed E-state index contributed by atoms with van der Waals surface area (Å²) in [4.78, 5) is 29.9. The van der Waals surface area contributed by atoms with Crippen LogP contribution in [-0.4, -0.2) is 29.6 Å². The lowest BCUT2D eigenvalue weighted by Gasteiger charge is -2.10. The van der Waals surface area contributed by atoms with E-state index in [0.717, 1.165) is 12.8 Å². The summed E-state index contributed by atoms with van der Waals surface area (Å²) in [7, 11) is 1.28. The minimum atomic E-state index is -0.594. The summed E-state index contributed by atoms with van der Waals surface area (Å²) in [6.45, 7) is 2.13. The number of anilines is 2. The molecular formula is C19H25N5O3. The molecule has 2 amide bonds. The van der Waals surface area contributed by atoms with Crippen molar-refractivity contribution in [2.24, 2.45) is 5.73 Å². The second-order valence-electron chi connectivity index (χ2n) is 5.91. The molecule has 1 aromatic heterocycles. The summed E-state index contributed by atoms with van der Waals surface area (Å²) < 4.78 is 4.57. The molecule has 144 valence electrons. The molecule has 0 aliphatic carbocycles. The molecule has 8 nitrogen and oxygen atoms in total. The van der Waals surface area contributed by atoms with Gasteiger partial charge in [-0.1, -0.05) is 25.5 Å². The van der Waals surface area contributed by atoms with E-state index in [2.05, 4.69) is 44.4 Å². The van der Waals surface area contributed by atoms with Crippen LogP contribution < -0.4 is 16.4 Å². The molecule has 1 atom stereocenters. The van der Waals surface area contributed by atoms with E-state index in [9.17, 15) is 9.59 Å². The fourth-order valence-electron chi connectivity index (χ4n) is 2.50. The minimum Gasteiger partial charge on any atom is -0.453 e. The number of hydrogen-bond donors (Lipinski definition) is 4. The summed E-state index contributed by atoms with van der Waals surface area (Å²) >= 11 is 0. The number of methoxy groups -OCH3 is 1. The van der Waals surface area contributed by atoms with Gasteiger partial charge in [0.15, 0.2) is 0 Å². The van der Waals surface area contributed by atoms with E-state index in [1.807, 2.05) is 0 Å². The molecule has 1 aromatic carbocycles. The molecule has 0 saturated heterocycles. The van der Waals surface area contributed by atoms with Crippen molar-refractivity contribution in [3.63, 3.8) is 0 Å². The van der Waals surface area contributed by atoms with Crippen molar-refractivity contribution in [1.29, 1.82) is 0 Å². The van der Waals surface area contributed by atoms with E-state index < -0.39 is 6.09 Å². The third-order valence-electron chi connectivity index (χ3n) is 3.90. The fraction of sp³-hybridized carbons (Fsp3) is 0.316. The Balaban J connectivity index is 2.20. The molecule has 0 fully saturated rings. The van der Waals surface area contributed by atoms with Crippen LogP contribution in [0.15, 0.2) is 36.5 Å². The van der Waals surface area contributed by atoms with Crippen LogP contribution in [0.4, 0.5) is 16.2 Å². The van der Waals surface area contributed by atoms with Crippen molar-refractivity contribution in [2.45, 2.75) is 32.2 Å². The number of imidazole rings is 1. The highest BCUT2D eigenvalue weighted by Gasteiger charge is 2.14. The van der Waals surface area contributed by atoms with Crippen LogP contribution in [0.5, 0.6) is 0 Å². The van der Waals surface area contributed by atoms with Gasteiger partial charge in [-0.2, -0.15) is 0 Å². The van der Waals surface area contributed by atoms with Gasteiger partial charge in [0.05, 0.1) is 24.5 Å². The second-order valence-corrected chi connectivity index (χ2v) is 5.91. The SMILES string of the molecule is CCC/C=C\CC(N)c1nc(-c2ccc(NC(=O)OC)cc2NC=O)c[nH]1. The Morgan fingerprint density at radius 1 is 1.41 bits per heavy atom. The van der Waals surface area contributed by atoms with Gasteiger partial charge in [-0.3, -0.25) is 10.1 Å². The number of nitrogens with two attached hydrogens (primary N) is 1. The number of amides is 2.